The Balaban J connectivity index is 0.000000861. The summed E-state index contributed by atoms with van der Waals surface area (Å²) in [6.45, 7) is 13.5. The molecule has 0 unspecified atom stereocenters. The molecule has 0 aliphatic carbocycles. The van der Waals surface area contributed by atoms with E-state index in [1.165, 1.54) is 22.8 Å². The predicted octanol–water partition coefficient (Wildman–Crippen LogP) is 3.91. The largest absolute Gasteiger partial charge is 0.335 e. The van der Waals surface area contributed by atoms with E-state index >= 15 is 0 Å². The van der Waals surface area contributed by atoms with Crippen molar-refractivity contribution >= 4 is 5.91 Å². The quantitative estimate of drug-likeness (QED) is 0.737. The van der Waals surface area contributed by atoms with Crippen LogP contribution in [0.5, 0.6) is 0 Å². The first-order chi connectivity index (χ1) is 9.11. The summed E-state index contributed by atoms with van der Waals surface area (Å²) in [7, 11) is 0. The zero-order chi connectivity index (χ0) is 14.4. The molecule has 2 heteroatoms. The van der Waals surface area contributed by atoms with E-state index in [1.54, 1.807) is 0 Å². The second kappa shape index (κ2) is 7.13. The third-order valence-electron chi connectivity index (χ3n) is 3.40. The molecule has 1 aromatic carbocycles. The highest BCUT2D eigenvalue weighted by atomic mass is 16.2. The molecule has 1 aromatic rings. The summed E-state index contributed by atoms with van der Waals surface area (Å²) in [5, 5.41) is 0. The first-order valence-corrected chi connectivity index (χ1v) is 7.15. The van der Waals surface area contributed by atoms with E-state index < -0.39 is 0 Å². The van der Waals surface area contributed by atoms with Crippen molar-refractivity contribution < 1.29 is 4.79 Å². The molecule has 1 heterocycles. The van der Waals surface area contributed by atoms with Crippen LogP contribution in [0.15, 0.2) is 30.9 Å². The average molecular weight is 259 g/mol. The van der Waals surface area contributed by atoms with Crippen LogP contribution in [0.2, 0.25) is 0 Å². The molecule has 0 saturated heterocycles. The van der Waals surface area contributed by atoms with Crippen LogP contribution in [-0.2, 0) is 17.8 Å². The number of amides is 1. The number of nitrogens with zero attached hydrogens (tertiary/aromatic N) is 1. The highest BCUT2D eigenvalue weighted by Gasteiger charge is 2.19. The fourth-order valence-corrected chi connectivity index (χ4v) is 2.25. The number of carbonyl (C=O) groups is 1. The van der Waals surface area contributed by atoms with Crippen LogP contribution in [0.3, 0.4) is 0 Å². The number of benzene rings is 1. The van der Waals surface area contributed by atoms with Crippen molar-refractivity contribution in [3.8, 4) is 0 Å². The monoisotopic (exact) mass is 259 g/mol. The molecule has 0 bridgehead atoms. The SMILES string of the molecule is C=CC(=O)N1CCc2ccc(C(C)C)cc2C1.CC. The lowest BCUT2D eigenvalue weighted by Gasteiger charge is -2.28. The molecule has 1 aliphatic rings. The van der Waals surface area contributed by atoms with Gasteiger partial charge in [0, 0.05) is 13.1 Å². The van der Waals surface area contributed by atoms with Crippen LogP contribution in [-0.4, -0.2) is 17.4 Å². The lowest BCUT2D eigenvalue weighted by atomic mass is 9.93. The maximum absolute atomic E-state index is 11.6. The molecular formula is C17H25NO. The lowest BCUT2D eigenvalue weighted by Crippen LogP contribution is -2.34. The standard InChI is InChI=1S/C15H19NO.C2H6/c1-4-15(17)16-8-7-12-5-6-13(11(2)3)9-14(12)10-16;1-2/h4-6,9,11H,1,7-8,10H2,2-3H3;1-2H3. The third-order valence-corrected chi connectivity index (χ3v) is 3.40. The van der Waals surface area contributed by atoms with Crippen molar-refractivity contribution in [3.05, 3.63) is 47.5 Å². The van der Waals surface area contributed by atoms with Crippen LogP contribution in [0.1, 0.15) is 50.3 Å². The van der Waals surface area contributed by atoms with Gasteiger partial charge < -0.3 is 4.90 Å². The molecule has 0 N–H and O–H groups in total. The van der Waals surface area contributed by atoms with Crippen molar-refractivity contribution in [3.63, 3.8) is 0 Å². The molecule has 2 rings (SSSR count). The maximum Gasteiger partial charge on any atom is 0.246 e. The fourth-order valence-electron chi connectivity index (χ4n) is 2.25. The molecule has 0 aromatic heterocycles. The van der Waals surface area contributed by atoms with Crippen LogP contribution < -0.4 is 0 Å². The Hall–Kier alpha value is -1.57. The fraction of sp³-hybridized carbons (Fsp3) is 0.471. The molecule has 2 nitrogen and oxygen atoms in total. The van der Waals surface area contributed by atoms with Gasteiger partial charge in [-0.15, -0.1) is 0 Å². The summed E-state index contributed by atoms with van der Waals surface area (Å²) < 4.78 is 0. The summed E-state index contributed by atoms with van der Waals surface area (Å²) in [4.78, 5) is 13.5. The summed E-state index contributed by atoms with van der Waals surface area (Å²) >= 11 is 0. The molecule has 0 atom stereocenters. The maximum atomic E-state index is 11.6. The third kappa shape index (κ3) is 3.69. The smallest absolute Gasteiger partial charge is 0.246 e. The lowest BCUT2D eigenvalue weighted by molar-refractivity contribution is -0.126. The van der Waals surface area contributed by atoms with Gasteiger partial charge in [0.25, 0.3) is 0 Å². The normalized spacial score (nSPS) is 13.4. The first kappa shape index (κ1) is 15.5. The zero-order valence-corrected chi connectivity index (χ0v) is 12.6. The number of hydrogen-bond donors (Lipinski definition) is 0. The Morgan fingerprint density at radius 2 is 2.00 bits per heavy atom. The van der Waals surface area contributed by atoms with Gasteiger partial charge >= 0.3 is 0 Å². The van der Waals surface area contributed by atoms with Gasteiger partial charge in [-0.1, -0.05) is 52.5 Å². The second-order valence-corrected chi connectivity index (χ2v) is 4.90. The number of fused-ring (bicyclic) bond motifs is 1. The minimum atomic E-state index is 0.0330. The Labute approximate surface area is 117 Å². The van der Waals surface area contributed by atoms with Gasteiger partial charge in [-0.25, -0.2) is 0 Å². The van der Waals surface area contributed by atoms with Crippen LogP contribution >= 0.6 is 0 Å². The van der Waals surface area contributed by atoms with E-state index in [9.17, 15) is 4.79 Å². The van der Waals surface area contributed by atoms with E-state index in [4.69, 9.17) is 0 Å². The van der Waals surface area contributed by atoms with Gasteiger partial charge in [0.2, 0.25) is 5.91 Å². The van der Waals surface area contributed by atoms with E-state index in [1.807, 2.05) is 18.7 Å². The van der Waals surface area contributed by atoms with Gasteiger partial charge in [-0.3, -0.25) is 4.79 Å². The first-order valence-electron chi connectivity index (χ1n) is 7.15. The van der Waals surface area contributed by atoms with E-state index in [2.05, 4.69) is 38.6 Å². The molecule has 0 saturated carbocycles. The van der Waals surface area contributed by atoms with Gasteiger partial charge in [0.15, 0.2) is 0 Å². The van der Waals surface area contributed by atoms with Gasteiger partial charge in [0.05, 0.1) is 0 Å². The average Bonchev–Trinajstić information content (AvgIpc) is 2.47. The van der Waals surface area contributed by atoms with E-state index in [-0.39, 0.29) is 5.91 Å². The number of carbonyl (C=O) groups excluding carboxylic acids is 1. The highest BCUT2D eigenvalue weighted by molar-refractivity contribution is 5.87. The van der Waals surface area contributed by atoms with Crippen LogP contribution in [0, 0.1) is 0 Å². The summed E-state index contributed by atoms with van der Waals surface area (Å²) in [6.07, 6.45) is 2.35. The molecule has 1 aliphatic heterocycles. The van der Waals surface area contributed by atoms with Crippen molar-refractivity contribution in [1.29, 1.82) is 0 Å². The zero-order valence-electron chi connectivity index (χ0n) is 12.6. The highest BCUT2D eigenvalue weighted by Crippen LogP contribution is 2.24. The molecule has 1 amide bonds. The summed E-state index contributed by atoms with van der Waals surface area (Å²) in [5.74, 6) is 0.566. The predicted molar refractivity (Wildman–Crippen MR) is 81.2 cm³/mol. The van der Waals surface area contributed by atoms with Gasteiger partial charge in [-0.2, -0.15) is 0 Å². The van der Waals surface area contributed by atoms with Crippen molar-refractivity contribution in [1.82, 2.24) is 4.90 Å². The van der Waals surface area contributed by atoms with Crippen LogP contribution in [0.4, 0.5) is 0 Å². The van der Waals surface area contributed by atoms with Crippen LogP contribution in [0.25, 0.3) is 0 Å². The Bertz CT molecular complexity index is 449. The minimum Gasteiger partial charge on any atom is -0.335 e. The summed E-state index contributed by atoms with van der Waals surface area (Å²) in [5.41, 5.74) is 4.01. The molecule has 0 spiro atoms. The Kier molecular flexibility index (Phi) is 5.81. The topological polar surface area (TPSA) is 20.3 Å². The van der Waals surface area contributed by atoms with Crippen molar-refractivity contribution in [2.45, 2.75) is 46.6 Å². The van der Waals surface area contributed by atoms with E-state index in [0.29, 0.717) is 5.92 Å². The minimum absolute atomic E-state index is 0.0330. The molecule has 19 heavy (non-hydrogen) atoms. The van der Waals surface area contributed by atoms with Gasteiger partial charge in [-0.05, 0) is 35.1 Å². The molecule has 104 valence electrons. The Morgan fingerprint density at radius 1 is 1.32 bits per heavy atom. The number of hydrogen-bond acceptors (Lipinski definition) is 1. The molecule has 0 radical (unpaired) electrons. The molecule has 0 fully saturated rings. The van der Waals surface area contributed by atoms with Gasteiger partial charge in [0.1, 0.15) is 0 Å². The summed E-state index contributed by atoms with van der Waals surface area (Å²) in [6, 6.07) is 6.65. The Morgan fingerprint density at radius 3 is 2.58 bits per heavy atom. The molecular weight excluding hydrogens is 234 g/mol. The van der Waals surface area contributed by atoms with E-state index in [0.717, 1.165) is 19.5 Å². The van der Waals surface area contributed by atoms with Crippen molar-refractivity contribution in [2.24, 2.45) is 0 Å². The number of rotatable bonds is 2. The van der Waals surface area contributed by atoms with Crippen molar-refractivity contribution in [2.75, 3.05) is 6.54 Å². The second-order valence-electron chi connectivity index (χ2n) is 4.90.